The standard InChI is InChI=1S/C17H21N5OS/c1-4-10-23-14-9-7-8-13(11-14)16-20-22-15(12-21(5-2)6-3)18-19-17(22)24-16/h4,7-9,11H,1,5-6,10,12H2,2-3H3. The maximum atomic E-state index is 5.60. The van der Waals surface area contributed by atoms with E-state index in [4.69, 9.17) is 9.84 Å². The lowest BCUT2D eigenvalue weighted by atomic mass is 10.2. The van der Waals surface area contributed by atoms with Crippen LogP contribution in [0.3, 0.4) is 0 Å². The van der Waals surface area contributed by atoms with Gasteiger partial charge in [-0.25, -0.2) is 0 Å². The molecule has 6 nitrogen and oxygen atoms in total. The highest BCUT2D eigenvalue weighted by Gasteiger charge is 2.15. The van der Waals surface area contributed by atoms with E-state index in [2.05, 4.69) is 35.5 Å². The van der Waals surface area contributed by atoms with Crippen LogP contribution < -0.4 is 4.74 Å². The van der Waals surface area contributed by atoms with Crippen molar-refractivity contribution in [3.05, 3.63) is 42.7 Å². The molecule has 0 N–H and O–H groups in total. The van der Waals surface area contributed by atoms with Crippen molar-refractivity contribution < 1.29 is 4.74 Å². The molecule has 24 heavy (non-hydrogen) atoms. The number of benzene rings is 1. The van der Waals surface area contributed by atoms with Crippen molar-refractivity contribution in [2.24, 2.45) is 0 Å². The molecule has 126 valence electrons. The van der Waals surface area contributed by atoms with Gasteiger partial charge in [0.25, 0.3) is 0 Å². The van der Waals surface area contributed by atoms with Crippen LogP contribution in [0.4, 0.5) is 0 Å². The molecule has 0 spiro atoms. The second kappa shape index (κ2) is 7.55. The number of hydrogen-bond acceptors (Lipinski definition) is 6. The minimum absolute atomic E-state index is 0.489. The highest BCUT2D eigenvalue weighted by atomic mass is 32.1. The molecule has 0 fully saturated rings. The lowest BCUT2D eigenvalue weighted by molar-refractivity contribution is 0.286. The second-order valence-corrected chi connectivity index (χ2v) is 6.26. The molecule has 0 saturated heterocycles. The summed E-state index contributed by atoms with van der Waals surface area (Å²) in [5.41, 5.74) is 1.01. The summed E-state index contributed by atoms with van der Waals surface area (Å²) in [5.74, 6) is 1.68. The fraction of sp³-hybridized carbons (Fsp3) is 0.353. The Bertz CT molecular complexity index is 821. The summed E-state index contributed by atoms with van der Waals surface area (Å²) in [5, 5.41) is 14.1. The molecule has 0 aliphatic carbocycles. The fourth-order valence-corrected chi connectivity index (χ4v) is 3.25. The van der Waals surface area contributed by atoms with Crippen LogP contribution in [0.5, 0.6) is 5.75 Å². The third-order valence-corrected chi connectivity index (χ3v) is 4.71. The predicted octanol–water partition coefficient (Wildman–Crippen LogP) is 3.26. The topological polar surface area (TPSA) is 55.6 Å². The molecule has 2 heterocycles. The van der Waals surface area contributed by atoms with E-state index in [0.717, 1.165) is 46.7 Å². The second-order valence-electron chi connectivity index (χ2n) is 5.31. The van der Waals surface area contributed by atoms with Crippen molar-refractivity contribution in [2.75, 3.05) is 19.7 Å². The van der Waals surface area contributed by atoms with Gasteiger partial charge in [0.05, 0.1) is 6.54 Å². The van der Waals surface area contributed by atoms with Crippen molar-refractivity contribution in [2.45, 2.75) is 20.4 Å². The van der Waals surface area contributed by atoms with Gasteiger partial charge < -0.3 is 4.74 Å². The Balaban J connectivity index is 1.88. The average molecular weight is 343 g/mol. The van der Waals surface area contributed by atoms with Crippen molar-refractivity contribution in [3.63, 3.8) is 0 Å². The summed E-state index contributed by atoms with van der Waals surface area (Å²) in [4.78, 5) is 3.10. The molecule has 3 rings (SSSR count). The SMILES string of the molecule is C=CCOc1cccc(-c2nn3c(CN(CC)CC)nnc3s2)c1. The van der Waals surface area contributed by atoms with E-state index in [1.54, 1.807) is 6.08 Å². The van der Waals surface area contributed by atoms with Crippen molar-refractivity contribution in [3.8, 4) is 16.3 Å². The number of ether oxygens (including phenoxy) is 1. The van der Waals surface area contributed by atoms with Gasteiger partial charge in [-0.05, 0) is 25.2 Å². The molecule has 3 aromatic rings. The zero-order valence-corrected chi connectivity index (χ0v) is 14.8. The van der Waals surface area contributed by atoms with Crippen molar-refractivity contribution in [1.82, 2.24) is 24.7 Å². The number of fused-ring (bicyclic) bond motifs is 1. The molecule has 0 radical (unpaired) electrons. The average Bonchev–Trinajstić information content (AvgIpc) is 3.19. The smallest absolute Gasteiger partial charge is 0.235 e. The van der Waals surface area contributed by atoms with Gasteiger partial charge in [-0.1, -0.05) is 50.0 Å². The first kappa shape index (κ1) is 16.6. The lowest BCUT2D eigenvalue weighted by Gasteiger charge is -2.15. The van der Waals surface area contributed by atoms with Crippen molar-refractivity contribution >= 4 is 16.3 Å². The van der Waals surface area contributed by atoms with Crippen LogP contribution in [0.2, 0.25) is 0 Å². The third kappa shape index (κ3) is 3.47. The van der Waals surface area contributed by atoms with Crippen LogP contribution in [-0.2, 0) is 6.54 Å². The highest BCUT2D eigenvalue weighted by molar-refractivity contribution is 7.19. The Labute approximate surface area is 145 Å². The van der Waals surface area contributed by atoms with Crippen LogP contribution >= 0.6 is 11.3 Å². The quantitative estimate of drug-likeness (QED) is 0.588. The molecule has 0 aliphatic rings. The summed E-state index contributed by atoms with van der Waals surface area (Å²) >= 11 is 1.53. The molecule has 0 amide bonds. The van der Waals surface area contributed by atoms with E-state index in [1.165, 1.54) is 11.3 Å². The minimum Gasteiger partial charge on any atom is -0.490 e. The van der Waals surface area contributed by atoms with Crippen LogP contribution in [-0.4, -0.2) is 44.4 Å². The highest BCUT2D eigenvalue weighted by Crippen LogP contribution is 2.28. The van der Waals surface area contributed by atoms with Gasteiger partial charge in [0.2, 0.25) is 4.96 Å². The zero-order valence-electron chi connectivity index (χ0n) is 14.0. The predicted molar refractivity (Wildman–Crippen MR) is 96.4 cm³/mol. The van der Waals surface area contributed by atoms with Gasteiger partial charge in [-0.2, -0.15) is 9.61 Å². The van der Waals surface area contributed by atoms with E-state index in [1.807, 2.05) is 28.8 Å². The fourth-order valence-electron chi connectivity index (χ4n) is 2.39. The molecule has 0 atom stereocenters. The van der Waals surface area contributed by atoms with E-state index in [9.17, 15) is 0 Å². The molecular formula is C17H21N5OS. The maximum Gasteiger partial charge on any atom is 0.235 e. The zero-order chi connectivity index (χ0) is 16.9. The van der Waals surface area contributed by atoms with Gasteiger partial charge in [-0.15, -0.1) is 10.2 Å². The lowest BCUT2D eigenvalue weighted by Crippen LogP contribution is -2.23. The molecule has 0 unspecified atom stereocenters. The summed E-state index contributed by atoms with van der Waals surface area (Å²) < 4.78 is 7.44. The van der Waals surface area contributed by atoms with Crippen LogP contribution in [0, 0.1) is 0 Å². The van der Waals surface area contributed by atoms with Gasteiger partial charge in [0, 0.05) is 5.56 Å². The first-order valence-electron chi connectivity index (χ1n) is 8.02. The third-order valence-electron chi connectivity index (χ3n) is 3.76. The number of hydrogen-bond donors (Lipinski definition) is 0. The number of rotatable bonds is 8. The summed E-state index contributed by atoms with van der Waals surface area (Å²) in [6.07, 6.45) is 1.73. The molecule has 7 heteroatoms. The van der Waals surface area contributed by atoms with Crippen LogP contribution in [0.15, 0.2) is 36.9 Å². The summed E-state index contributed by atoms with van der Waals surface area (Å²) in [7, 11) is 0. The van der Waals surface area contributed by atoms with E-state index in [0.29, 0.717) is 6.61 Å². The molecule has 0 aliphatic heterocycles. The Morgan fingerprint density at radius 3 is 2.88 bits per heavy atom. The number of aromatic nitrogens is 4. The van der Waals surface area contributed by atoms with Gasteiger partial charge in [0.15, 0.2) is 5.82 Å². The molecule has 2 aromatic heterocycles. The maximum absolute atomic E-state index is 5.60. The van der Waals surface area contributed by atoms with Crippen LogP contribution in [0.1, 0.15) is 19.7 Å². The molecular weight excluding hydrogens is 322 g/mol. The number of nitrogens with zero attached hydrogens (tertiary/aromatic N) is 5. The normalized spacial score (nSPS) is 11.3. The molecule has 1 aromatic carbocycles. The minimum atomic E-state index is 0.489. The Morgan fingerprint density at radius 2 is 2.12 bits per heavy atom. The van der Waals surface area contributed by atoms with Gasteiger partial charge in [0.1, 0.15) is 17.4 Å². The van der Waals surface area contributed by atoms with E-state index in [-0.39, 0.29) is 0 Å². The van der Waals surface area contributed by atoms with E-state index < -0.39 is 0 Å². The van der Waals surface area contributed by atoms with Gasteiger partial charge >= 0.3 is 0 Å². The van der Waals surface area contributed by atoms with Crippen LogP contribution in [0.25, 0.3) is 15.5 Å². The summed E-state index contributed by atoms with van der Waals surface area (Å²) in [6.45, 7) is 11.1. The van der Waals surface area contributed by atoms with Crippen molar-refractivity contribution in [1.29, 1.82) is 0 Å². The Morgan fingerprint density at radius 1 is 1.29 bits per heavy atom. The Hall–Kier alpha value is -2.25. The summed E-state index contributed by atoms with van der Waals surface area (Å²) in [6, 6.07) is 7.90. The monoisotopic (exact) mass is 343 g/mol. The molecule has 0 saturated carbocycles. The Kier molecular flexibility index (Phi) is 5.22. The molecule has 0 bridgehead atoms. The first-order chi connectivity index (χ1) is 11.7. The largest absolute Gasteiger partial charge is 0.490 e. The van der Waals surface area contributed by atoms with Gasteiger partial charge in [-0.3, -0.25) is 4.90 Å². The first-order valence-corrected chi connectivity index (χ1v) is 8.84. The van der Waals surface area contributed by atoms with E-state index >= 15 is 0 Å².